The van der Waals surface area contributed by atoms with Gasteiger partial charge in [-0.1, -0.05) is 6.07 Å². The van der Waals surface area contributed by atoms with E-state index in [1.165, 1.54) is 0 Å². The van der Waals surface area contributed by atoms with Gasteiger partial charge in [-0.15, -0.1) is 5.10 Å². The fourth-order valence-electron chi connectivity index (χ4n) is 1.53. The molecule has 0 aliphatic rings. The molecule has 0 fully saturated rings. The van der Waals surface area contributed by atoms with Gasteiger partial charge in [-0.05, 0) is 24.3 Å². The molecule has 0 radical (unpaired) electrons. The van der Waals surface area contributed by atoms with Gasteiger partial charge in [0.25, 0.3) is 0 Å². The summed E-state index contributed by atoms with van der Waals surface area (Å²) in [6, 6.07) is 9.25. The predicted octanol–water partition coefficient (Wildman–Crippen LogP) is 1.37. The van der Waals surface area contributed by atoms with E-state index in [2.05, 4.69) is 15.1 Å². The van der Waals surface area contributed by atoms with Crippen LogP contribution >= 0.6 is 0 Å². The summed E-state index contributed by atoms with van der Waals surface area (Å²) in [7, 11) is 0. The lowest BCUT2D eigenvalue weighted by Crippen LogP contribution is -1.92. The molecule has 0 unspecified atom stereocenters. The lowest BCUT2D eigenvalue weighted by molar-refractivity contribution is 0.963. The van der Waals surface area contributed by atoms with Crippen LogP contribution in [0.5, 0.6) is 0 Å². The third kappa shape index (κ3) is 1.30. The second kappa shape index (κ2) is 3.30. The van der Waals surface area contributed by atoms with Gasteiger partial charge >= 0.3 is 0 Å². The van der Waals surface area contributed by atoms with Gasteiger partial charge in [-0.2, -0.15) is 0 Å². The number of rotatable bonds is 1. The van der Waals surface area contributed by atoms with Crippen molar-refractivity contribution in [2.24, 2.45) is 0 Å². The first-order valence-corrected chi connectivity index (χ1v) is 4.87. The van der Waals surface area contributed by atoms with Crippen LogP contribution in [0.15, 0.2) is 42.7 Å². The summed E-state index contributed by atoms with van der Waals surface area (Å²) < 4.78 is 1.65. The highest BCUT2D eigenvalue weighted by atomic mass is 15.3. The summed E-state index contributed by atoms with van der Waals surface area (Å²) in [6.45, 7) is 0. The molecule has 3 heterocycles. The van der Waals surface area contributed by atoms with Crippen LogP contribution in [-0.2, 0) is 0 Å². The first-order valence-electron chi connectivity index (χ1n) is 4.87. The lowest BCUT2D eigenvalue weighted by Gasteiger charge is -1.92. The first kappa shape index (κ1) is 8.84. The fraction of sp³-hybridized carbons (Fsp3) is 0. The number of aromatic nitrogens is 4. The molecule has 3 aromatic heterocycles. The van der Waals surface area contributed by atoms with Crippen LogP contribution in [0.2, 0.25) is 0 Å². The molecule has 16 heavy (non-hydrogen) atoms. The van der Waals surface area contributed by atoms with E-state index in [4.69, 9.17) is 5.73 Å². The zero-order valence-electron chi connectivity index (χ0n) is 8.41. The molecule has 3 rings (SSSR count). The van der Waals surface area contributed by atoms with Crippen LogP contribution in [0.3, 0.4) is 0 Å². The van der Waals surface area contributed by atoms with Crippen LogP contribution in [-0.4, -0.2) is 19.6 Å². The molecule has 0 aliphatic heterocycles. The molecule has 0 aliphatic carbocycles. The van der Waals surface area contributed by atoms with Crippen LogP contribution in [0, 0.1) is 0 Å². The van der Waals surface area contributed by atoms with Gasteiger partial charge in [-0.25, -0.2) is 9.50 Å². The number of hydrogen-bond acceptors (Lipinski definition) is 4. The predicted molar refractivity (Wildman–Crippen MR) is 60.6 cm³/mol. The fourth-order valence-corrected chi connectivity index (χ4v) is 1.53. The minimum absolute atomic E-state index is 0.582. The molecule has 0 saturated carbocycles. The number of nitrogen functional groups attached to an aromatic ring is 1. The molecule has 3 aromatic rings. The standard InChI is InChI=1S/C11H9N5/c12-8-4-3-7-16-11(8)14-10(15-16)9-5-1-2-6-13-9/h1-7H,12H2. The largest absolute Gasteiger partial charge is 0.396 e. The van der Waals surface area contributed by atoms with Crippen LogP contribution in [0.25, 0.3) is 17.2 Å². The molecule has 5 nitrogen and oxygen atoms in total. The average Bonchev–Trinajstić information content (AvgIpc) is 2.76. The second-order valence-corrected chi connectivity index (χ2v) is 3.38. The SMILES string of the molecule is Nc1cccn2nc(-c3ccccn3)nc12. The molecule has 0 spiro atoms. The van der Waals surface area contributed by atoms with E-state index in [1.54, 1.807) is 16.8 Å². The maximum atomic E-state index is 5.80. The topological polar surface area (TPSA) is 69.1 Å². The molecule has 0 bridgehead atoms. The van der Waals surface area contributed by atoms with Crippen molar-refractivity contribution in [2.75, 3.05) is 5.73 Å². The summed E-state index contributed by atoms with van der Waals surface area (Å²) in [5.41, 5.74) is 7.81. The third-order valence-electron chi connectivity index (χ3n) is 2.29. The Hall–Kier alpha value is -2.43. The number of anilines is 1. The van der Waals surface area contributed by atoms with Crippen molar-refractivity contribution in [3.63, 3.8) is 0 Å². The van der Waals surface area contributed by atoms with Gasteiger partial charge in [0.05, 0.1) is 5.69 Å². The van der Waals surface area contributed by atoms with Crippen molar-refractivity contribution in [2.45, 2.75) is 0 Å². The molecule has 0 amide bonds. The number of fused-ring (bicyclic) bond motifs is 1. The van der Waals surface area contributed by atoms with E-state index in [0.717, 1.165) is 5.69 Å². The van der Waals surface area contributed by atoms with Crippen LogP contribution in [0.1, 0.15) is 0 Å². The second-order valence-electron chi connectivity index (χ2n) is 3.38. The summed E-state index contributed by atoms with van der Waals surface area (Å²) >= 11 is 0. The van der Waals surface area contributed by atoms with Crippen LogP contribution in [0.4, 0.5) is 5.69 Å². The highest BCUT2D eigenvalue weighted by Crippen LogP contribution is 2.16. The lowest BCUT2D eigenvalue weighted by atomic mass is 10.3. The Labute approximate surface area is 91.6 Å². The summed E-state index contributed by atoms with van der Waals surface area (Å²) in [6.07, 6.45) is 3.52. The van der Waals surface area contributed by atoms with E-state index in [0.29, 0.717) is 17.2 Å². The summed E-state index contributed by atoms with van der Waals surface area (Å²) in [5, 5.41) is 4.31. The monoisotopic (exact) mass is 211 g/mol. The van der Waals surface area contributed by atoms with E-state index in [1.807, 2.05) is 30.5 Å². The van der Waals surface area contributed by atoms with Gasteiger partial charge in [0, 0.05) is 12.4 Å². The number of nitrogens with zero attached hydrogens (tertiary/aromatic N) is 4. The molecule has 0 atom stereocenters. The van der Waals surface area contributed by atoms with Crippen LogP contribution < -0.4 is 5.73 Å². The maximum Gasteiger partial charge on any atom is 0.200 e. The maximum absolute atomic E-state index is 5.80. The van der Waals surface area contributed by atoms with Crippen molar-refractivity contribution in [1.29, 1.82) is 0 Å². The Morgan fingerprint density at radius 3 is 2.81 bits per heavy atom. The highest BCUT2D eigenvalue weighted by Gasteiger charge is 2.08. The first-order chi connectivity index (χ1) is 7.84. The zero-order chi connectivity index (χ0) is 11.0. The summed E-state index contributed by atoms with van der Waals surface area (Å²) in [4.78, 5) is 8.54. The molecule has 78 valence electrons. The molecular formula is C11H9N5. The van der Waals surface area contributed by atoms with Crippen molar-refractivity contribution < 1.29 is 0 Å². The number of hydrogen-bond donors (Lipinski definition) is 1. The normalized spacial score (nSPS) is 10.8. The van der Waals surface area contributed by atoms with Crippen molar-refractivity contribution in [3.05, 3.63) is 42.7 Å². The highest BCUT2D eigenvalue weighted by molar-refractivity contribution is 5.66. The van der Waals surface area contributed by atoms with E-state index in [9.17, 15) is 0 Å². The van der Waals surface area contributed by atoms with Crippen molar-refractivity contribution in [3.8, 4) is 11.5 Å². The van der Waals surface area contributed by atoms with E-state index >= 15 is 0 Å². The minimum atomic E-state index is 0.582. The number of pyridine rings is 2. The molecular weight excluding hydrogens is 202 g/mol. The van der Waals surface area contributed by atoms with E-state index < -0.39 is 0 Å². The smallest absolute Gasteiger partial charge is 0.200 e. The molecule has 2 N–H and O–H groups in total. The minimum Gasteiger partial charge on any atom is -0.396 e. The van der Waals surface area contributed by atoms with Gasteiger partial charge in [0.1, 0.15) is 5.69 Å². The van der Waals surface area contributed by atoms with Crippen molar-refractivity contribution in [1.82, 2.24) is 19.6 Å². The Bertz CT molecular complexity index is 629. The van der Waals surface area contributed by atoms with Crippen molar-refractivity contribution >= 4 is 11.3 Å². The Morgan fingerprint density at radius 1 is 1.12 bits per heavy atom. The molecule has 0 saturated heterocycles. The average molecular weight is 211 g/mol. The molecule has 0 aromatic carbocycles. The Kier molecular flexibility index (Phi) is 1.83. The van der Waals surface area contributed by atoms with Gasteiger partial charge in [-0.3, -0.25) is 4.98 Å². The third-order valence-corrected chi connectivity index (χ3v) is 2.29. The Morgan fingerprint density at radius 2 is 2.06 bits per heavy atom. The van der Waals surface area contributed by atoms with Gasteiger partial charge < -0.3 is 5.73 Å². The van der Waals surface area contributed by atoms with Gasteiger partial charge in [0.2, 0.25) is 5.82 Å². The van der Waals surface area contributed by atoms with E-state index in [-0.39, 0.29) is 0 Å². The summed E-state index contributed by atoms with van der Waals surface area (Å²) in [5.74, 6) is 0.582. The Balaban J connectivity index is 2.23. The zero-order valence-corrected chi connectivity index (χ0v) is 8.41. The molecule has 5 heteroatoms. The quantitative estimate of drug-likeness (QED) is 0.660. The number of nitrogens with two attached hydrogens (primary N) is 1. The van der Waals surface area contributed by atoms with Gasteiger partial charge in [0.15, 0.2) is 5.65 Å².